The monoisotopic (exact) mass is 254 g/mol. The van der Waals surface area contributed by atoms with Crippen LogP contribution in [0.2, 0.25) is 0 Å². The number of hydrogen-bond acceptors (Lipinski definition) is 4. The molecule has 4 nitrogen and oxygen atoms in total. The van der Waals surface area contributed by atoms with Crippen LogP contribution in [-0.2, 0) is 17.6 Å². The summed E-state index contributed by atoms with van der Waals surface area (Å²) < 4.78 is 0. The van der Waals surface area contributed by atoms with E-state index in [1.165, 1.54) is 0 Å². The van der Waals surface area contributed by atoms with Crippen LogP contribution < -0.4 is 0 Å². The molecule has 2 rings (SSSR count). The molecule has 1 amide bonds. The van der Waals surface area contributed by atoms with Crippen LogP contribution in [0.4, 0.5) is 0 Å². The zero-order chi connectivity index (χ0) is 12.3. The van der Waals surface area contributed by atoms with Crippen LogP contribution in [0.5, 0.6) is 0 Å². The molecule has 1 heterocycles. The van der Waals surface area contributed by atoms with Crippen LogP contribution in [0, 0.1) is 0 Å². The molecule has 1 N–H and O–H groups in total. The average Bonchev–Trinajstić information content (AvgIpc) is 3.06. The molecule has 0 unspecified atom stereocenters. The Kier molecular flexibility index (Phi) is 4.12. The predicted molar refractivity (Wildman–Crippen MR) is 67.0 cm³/mol. The normalized spacial score (nSPS) is 14.9. The van der Waals surface area contributed by atoms with Crippen molar-refractivity contribution in [2.75, 3.05) is 13.2 Å². The lowest BCUT2D eigenvalue weighted by atomic mass is 10.3. The highest BCUT2D eigenvalue weighted by atomic mass is 32.1. The van der Waals surface area contributed by atoms with Gasteiger partial charge < -0.3 is 10.0 Å². The van der Waals surface area contributed by atoms with E-state index in [2.05, 4.69) is 11.9 Å². The third kappa shape index (κ3) is 3.26. The van der Waals surface area contributed by atoms with Gasteiger partial charge in [-0.05, 0) is 19.3 Å². The summed E-state index contributed by atoms with van der Waals surface area (Å²) in [5.74, 6) is 0.0921. The molecule has 0 saturated heterocycles. The SMILES string of the molecule is CCc1nc(CC(=O)N(CCO)C2CC2)cs1. The van der Waals surface area contributed by atoms with E-state index in [0.29, 0.717) is 19.0 Å². The first-order valence-electron chi connectivity index (χ1n) is 6.08. The highest BCUT2D eigenvalue weighted by molar-refractivity contribution is 7.09. The number of thiazole rings is 1. The maximum Gasteiger partial charge on any atom is 0.228 e. The first-order valence-corrected chi connectivity index (χ1v) is 6.96. The molecule has 1 aromatic heterocycles. The maximum absolute atomic E-state index is 12.1. The van der Waals surface area contributed by atoms with E-state index in [1.807, 2.05) is 5.38 Å². The molecule has 1 saturated carbocycles. The van der Waals surface area contributed by atoms with Gasteiger partial charge in [0.15, 0.2) is 0 Å². The zero-order valence-electron chi connectivity index (χ0n) is 10.1. The van der Waals surface area contributed by atoms with E-state index < -0.39 is 0 Å². The van der Waals surface area contributed by atoms with Crippen molar-refractivity contribution in [1.29, 1.82) is 0 Å². The van der Waals surface area contributed by atoms with E-state index in [4.69, 9.17) is 5.11 Å². The number of hydrogen-bond donors (Lipinski definition) is 1. The second kappa shape index (κ2) is 5.60. The Morgan fingerprint density at radius 2 is 2.41 bits per heavy atom. The average molecular weight is 254 g/mol. The minimum atomic E-state index is 0.0412. The van der Waals surface area contributed by atoms with Crippen LogP contribution in [-0.4, -0.2) is 40.1 Å². The third-order valence-electron chi connectivity index (χ3n) is 2.88. The van der Waals surface area contributed by atoms with E-state index >= 15 is 0 Å². The Balaban J connectivity index is 1.94. The molecule has 0 bridgehead atoms. The highest BCUT2D eigenvalue weighted by Gasteiger charge is 2.32. The summed E-state index contributed by atoms with van der Waals surface area (Å²) in [6.45, 7) is 2.56. The highest BCUT2D eigenvalue weighted by Crippen LogP contribution is 2.27. The van der Waals surface area contributed by atoms with E-state index in [1.54, 1.807) is 16.2 Å². The first-order chi connectivity index (χ1) is 8.24. The van der Waals surface area contributed by atoms with Gasteiger partial charge in [0, 0.05) is 18.0 Å². The lowest BCUT2D eigenvalue weighted by molar-refractivity contribution is -0.131. The quantitative estimate of drug-likeness (QED) is 0.830. The minimum Gasteiger partial charge on any atom is -0.395 e. The number of aliphatic hydroxyl groups excluding tert-OH is 1. The molecule has 0 spiro atoms. The number of aryl methyl sites for hydroxylation is 1. The summed E-state index contributed by atoms with van der Waals surface area (Å²) in [5.41, 5.74) is 0.862. The molecule has 17 heavy (non-hydrogen) atoms. The van der Waals surface area contributed by atoms with Crippen LogP contribution in [0.1, 0.15) is 30.5 Å². The number of amides is 1. The zero-order valence-corrected chi connectivity index (χ0v) is 10.9. The minimum absolute atomic E-state index is 0.0412. The second-order valence-corrected chi connectivity index (χ2v) is 5.25. The van der Waals surface area contributed by atoms with Crippen molar-refractivity contribution in [1.82, 2.24) is 9.88 Å². The van der Waals surface area contributed by atoms with Gasteiger partial charge in [-0.15, -0.1) is 11.3 Å². The fourth-order valence-electron chi connectivity index (χ4n) is 1.85. The molecular formula is C12H18N2O2S. The van der Waals surface area contributed by atoms with Crippen LogP contribution in [0.3, 0.4) is 0 Å². The molecule has 94 valence electrons. The van der Waals surface area contributed by atoms with Gasteiger partial charge in [0.2, 0.25) is 5.91 Å². The van der Waals surface area contributed by atoms with Gasteiger partial charge >= 0.3 is 0 Å². The largest absolute Gasteiger partial charge is 0.395 e. The van der Waals surface area contributed by atoms with Gasteiger partial charge in [-0.25, -0.2) is 4.98 Å². The lowest BCUT2D eigenvalue weighted by Crippen LogP contribution is -2.36. The molecule has 0 aromatic carbocycles. The molecule has 0 radical (unpaired) electrons. The van der Waals surface area contributed by atoms with Gasteiger partial charge in [-0.1, -0.05) is 6.92 Å². The topological polar surface area (TPSA) is 53.4 Å². The molecule has 5 heteroatoms. The van der Waals surface area contributed by atoms with Crippen molar-refractivity contribution in [3.63, 3.8) is 0 Å². The van der Waals surface area contributed by atoms with Crippen molar-refractivity contribution < 1.29 is 9.90 Å². The smallest absolute Gasteiger partial charge is 0.228 e. The number of aliphatic hydroxyl groups is 1. The summed E-state index contributed by atoms with van der Waals surface area (Å²) >= 11 is 1.61. The van der Waals surface area contributed by atoms with Gasteiger partial charge in [0.05, 0.1) is 23.7 Å². The fourth-order valence-corrected chi connectivity index (χ4v) is 2.60. The Bertz CT molecular complexity index is 388. The molecule has 1 fully saturated rings. The summed E-state index contributed by atoms with van der Waals surface area (Å²) in [7, 11) is 0. The van der Waals surface area contributed by atoms with Crippen molar-refractivity contribution in [3.8, 4) is 0 Å². The van der Waals surface area contributed by atoms with Crippen LogP contribution in [0.15, 0.2) is 5.38 Å². The predicted octanol–water partition coefficient (Wildman–Crippen LogP) is 1.23. The van der Waals surface area contributed by atoms with Crippen molar-refractivity contribution in [2.24, 2.45) is 0 Å². The van der Waals surface area contributed by atoms with Crippen LogP contribution in [0.25, 0.3) is 0 Å². The summed E-state index contributed by atoms with van der Waals surface area (Å²) in [6.07, 6.45) is 3.43. The Morgan fingerprint density at radius 1 is 1.65 bits per heavy atom. The van der Waals surface area contributed by atoms with E-state index in [0.717, 1.165) is 30.0 Å². The lowest BCUT2D eigenvalue weighted by Gasteiger charge is -2.20. The number of carbonyl (C=O) groups excluding carboxylic acids is 1. The molecular weight excluding hydrogens is 236 g/mol. The number of carbonyl (C=O) groups is 1. The summed E-state index contributed by atoms with van der Waals surface area (Å²) in [5, 5.41) is 12.0. The van der Waals surface area contributed by atoms with Gasteiger partial charge in [-0.3, -0.25) is 4.79 Å². The number of nitrogens with zero attached hydrogens (tertiary/aromatic N) is 2. The van der Waals surface area contributed by atoms with Crippen molar-refractivity contribution in [2.45, 2.75) is 38.6 Å². The number of rotatable bonds is 6. The Labute approximate surface area is 105 Å². The summed E-state index contributed by atoms with van der Waals surface area (Å²) in [6, 6.07) is 0.360. The fraction of sp³-hybridized carbons (Fsp3) is 0.667. The van der Waals surface area contributed by atoms with Crippen LogP contribution >= 0.6 is 11.3 Å². The Morgan fingerprint density at radius 3 is 2.94 bits per heavy atom. The van der Waals surface area contributed by atoms with E-state index in [-0.39, 0.29) is 12.5 Å². The van der Waals surface area contributed by atoms with Gasteiger partial charge in [-0.2, -0.15) is 0 Å². The molecule has 0 atom stereocenters. The molecule has 1 aliphatic rings. The Hall–Kier alpha value is -0.940. The van der Waals surface area contributed by atoms with E-state index in [9.17, 15) is 4.79 Å². The first kappa shape index (κ1) is 12.5. The summed E-state index contributed by atoms with van der Waals surface area (Å²) in [4.78, 5) is 18.3. The molecule has 1 aliphatic carbocycles. The maximum atomic E-state index is 12.1. The molecule has 0 aliphatic heterocycles. The third-order valence-corrected chi connectivity index (χ3v) is 3.92. The standard InChI is InChI=1S/C12H18N2O2S/c1-2-11-13-9(8-17-11)7-12(16)14(5-6-15)10-3-4-10/h8,10,15H,2-7H2,1H3. The van der Waals surface area contributed by atoms with Gasteiger partial charge in [0.1, 0.15) is 0 Å². The van der Waals surface area contributed by atoms with Crippen molar-refractivity contribution >= 4 is 17.2 Å². The van der Waals surface area contributed by atoms with Gasteiger partial charge in [0.25, 0.3) is 0 Å². The number of aromatic nitrogens is 1. The second-order valence-electron chi connectivity index (χ2n) is 4.30. The molecule has 1 aromatic rings. The van der Waals surface area contributed by atoms with Crippen molar-refractivity contribution in [3.05, 3.63) is 16.1 Å².